The number of hydrogen-bond acceptors (Lipinski definition) is 3. The third-order valence-corrected chi connectivity index (χ3v) is 4.15. The second-order valence-corrected chi connectivity index (χ2v) is 5.69. The Morgan fingerprint density at radius 2 is 2.05 bits per heavy atom. The smallest absolute Gasteiger partial charge is 0.226 e. The van der Waals surface area contributed by atoms with Gasteiger partial charge < -0.3 is 14.7 Å². The van der Waals surface area contributed by atoms with Crippen LogP contribution in [0, 0.1) is 0 Å². The van der Waals surface area contributed by atoms with Crippen molar-refractivity contribution >= 4 is 17.5 Å². The lowest BCUT2D eigenvalue weighted by Crippen LogP contribution is -2.41. The lowest BCUT2D eigenvalue weighted by atomic mass is 10.2. The van der Waals surface area contributed by atoms with Crippen molar-refractivity contribution in [3.05, 3.63) is 29.3 Å². The van der Waals surface area contributed by atoms with Gasteiger partial charge in [0.15, 0.2) is 0 Å². The van der Waals surface area contributed by atoms with Gasteiger partial charge in [-0.05, 0) is 25.0 Å². The van der Waals surface area contributed by atoms with Gasteiger partial charge in [0, 0.05) is 12.6 Å². The molecule has 1 aromatic rings. The van der Waals surface area contributed by atoms with E-state index in [-0.39, 0.29) is 18.6 Å². The Bertz CT molecular complexity index is 461. The quantitative estimate of drug-likeness (QED) is 0.842. The van der Waals surface area contributed by atoms with Gasteiger partial charge >= 0.3 is 0 Å². The fourth-order valence-electron chi connectivity index (χ4n) is 2.79. The zero-order chi connectivity index (χ0) is 15.1. The number of carbonyl (C=O) groups excluding carboxylic acids is 1. The number of benzene rings is 1. The van der Waals surface area contributed by atoms with Crippen molar-refractivity contribution in [2.24, 2.45) is 0 Å². The average molecular weight is 312 g/mol. The van der Waals surface area contributed by atoms with Crippen LogP contribution >= 0.6 is 11.6 Å². The van der Waals surface area contributed by atoms with Crippen molar-refractivity contribution in [2.45, 2.75) is 38.1 Å². The Morgan fingerprint density at radius 3 is 2.71 bits per heavy atom. The molecule has 0 atom stereocenters. The highest BCUT2D eigenvalue weighted by molar-refractivity contribution is 6.32. The third-order valence-electron chi connectivity index (χ3n) is 3.84. The fourth-order valence-corrected chi connectivity index (χ4v) is 2.98. The molecule has 0 bridgehead atoms. The minimum atomic E-state index is 0.00755. The van der Waals surface area contributed by atoms with Crippen molar-refractivity contribution in [3.63, 3.8) is 0 Å². The van der Waals surface area contributed by atoms with Crippen LogP contribution in [0.4, 0.5) is 0 Å². The van der Waals surface area contributed by atoms with Gasteiger partial charge in [-0.3, -0.25) is 4.79 Å². The van der Waals surface area contributed by atoms with Crippen molar-refractivity contribution in [1.29, 1.82) is 0 Å². The molecule has 1 aliphatic rings. The predicted molar refractivity (Wildman–Crippen MR) is 82.6 cm³/mol. The Hall–Kier alpha value is -1.26. The normalized spacial score (nSPS) is 15.1. The van der Waals surface area contributed by atoms with Crippen molar-refractivity contribution in [3.8, 4) is 5.75 Å². The first-order valence-electron chi connectivity index (χ1n) is 7.50. The van der Waals surface area contributed by atoms with Gasteiger partial charge in [-0.1, -0.05) is 36.6 Å². The number of rotatable bonds is 7. The van der Waals surface area contributed by atoms with Crippen molar-refractivity contribution in [1.82, 2.24) is 4.90 Å². The number of carbonyl (C=O) groups is 1. The number of ether oxygens (including phenoxy) is 1. The van der Waals surface area contributed by atoms with Gasteiger partial charge in [-0.2, -0.15) is 0 Å². The second kappa shape index (κ2) is 8.25. The molecule has 0 heterocycles. The molecule has 0 spiro atoms. The number of aliphatic hydroxyl groups is 1. The fraction of sp³-hybridized carbons (Fsp3) is 0.562. The highest BCUT2D eigenvalue weighted by atomic mass is 35.5. The molecular formula is C16H22ClNO3. The van der Waals surface area contributed by atoms with Crippen LogP contribution in [0.5, 0.6) is 5.75 Å². The summed E-state index contributed by atoms with van der Waals surface area (Å²) in [5.41, 5.74) is 0. The first-order valence-corrected chi connectivity index (χ1v) is 7.88. The Morgan fingerprint density at radius 1 is 1.33 bits per heavy atom. The van der Waals surface area contributed by atoms with Crippen LogP contribution < -0.4 is 4.74 Å². The summed E-state index contributed by atoms with van der Waals surface area (Å²) in [6.45, 7) is 0.723. The van der Waals surface area contributed by atoms with Crippen LogP contribution in [0.25, 0.3) is 0 Å². The number of para-hydroxylation sites is 1. The largest absolute Gasteiger partial charge is 0.491 e. The Labute approximate surface area is 130 Å². The van der Waals surface area contributed by atoms with Gasteiger partial charge in [-0.15, -0.1) is 0 Å². The van der Waals surface area contributed by atoms with E-state index in [4.69, 9.17) is 21.4 Å². The summed E-state index contributed by atoms with van der Waals surface area (Å²) in [5.74, 6) is 0.643. The molecule has 1 aromatic carbocycles. The first-order chi connectivity index (χ1) is 10.2. The molecule has 21 heavy (non-hydrogen) atoms. The van der Waals surface area contributed by atoms with E-state index in [0.29, 0.717) is 30.3 Å². The molecule has 1 amide bonds. The van der Waals surface area contributed by atoms with E-state index >= 15 is 0 Å². The lowest BCUT2D eigenvalue weighted by Gasteiger charge is -2.28. The summed E-state index contributed by atoms with van der Waals surface area (Å²) in [7, 11) is 0. The van der Waals surface area contributed by atoms with Crippen LogP contribution in [0.1, 0.15) is 32.1 Å². The highest BCUT2D eigenvalue weighted by Crippen LogP contribution is 2.25. The highest BCUT2D eigenvalue weighted by Gasteiger charge is 2.25. The molecule has 2 rings (SSSR count). The van der Waals surface area contributed by atoms with Crippen LogP contribution in [0.15, 0.2) is 24.3 Å². The molecule has 1 fully saturated rings. The number of nitrogens with zero attached hydrogens (tertiary/aromatic N) is 1. The maximum atomic E-state index is 12.3. The second-order valence-electron chi connectivity index (χ2n) is 5.28. The van der Waals surface area contributed by atoms with Crippen LogP contribution in [0.2, 0.25) is 5.02 Å². The van der Waals surface area contributed by atoms with E-state index in [2.05, 4.69) is 0 Å². The standard InChI is InChI=1S/C16H22ClNO3/c17-14-7-3-4-8-15(14)21-12-9-16(20)18(10-11-19)13-5-1-2-6-13/h3-4,7-8,13,19H,1-2,5-6,9-12H2. The number of hydrogen-bond donors (Lipinski definition) is 1. The first kappa shape index (κ1) is 16.1. The maximum Gasteiger partial charge on any atom is 0.226 e. The van der Waals surface area contributed by atoms with Gasteiger partial charge in [0.1, 0.15) is 5.75 Å². The SMILES string of the molecule is O=C(CCOc1ccccc1Cl)N(CCO)C1CCCC1. The Kier molecular flexibility index (Phi) is 6.33. The van der Waals surface area contributed by atoms with E-state index < -0.39 is 0 Å². The molecular weight excluding hydrogens is 290 g/mol. The third kappa shape index (κ3) is 4.61. The van der Waals surface area contributed by atoms with Gasteiger partial charge in [0.2, 0.25) is 5.91 Å². The van der Waals surface area contributed by atoms with E-state index in [0.717, 1.165) is 25.7 Å². The summed E-state index contributed by atoms with van der Waals surface area (Å²) in [6, 6.07) is 7.51. The van der Waals surface area contributed by atoms with Crippen LogP contribution in [-0.4, -0.2) is 41.7 Å². The van der Waals surface area contributed by atoms with Gasteiger partial charge in [0.25, 0.3) is 0 Å². The zero-order valence-corrected chi connectivity index (χ0v) is 12.9. The number of aliphatic hydroxyl groups excluding tert-OH is 1. The van der Waals surface area contributed by atoms with Crippen molar-refractivity contribution in [2.75, 3.05) is 19.8 Å². The Balaban J connectivity index is 1.83. The zero-order valence-electron chi connectivity index (χ0n) is 12.1. The lowest BCUT2D eigenvalue weighted by molar-refractivity contribution is -0.134. The minimum absolute atomic E-state index is 0.00755. The maximum absolute atomic E-state index is 12.3. The molecule has 1 saturated carbocycles. The van der Waals surface area contributed by atoms with Crippen LogP contribution in [-0.2, 0) is 4.79 Å². The minimum Gasteiger partial charge on any atom is -0.491 e. The van der Waals surface area contributed by atoms with E-state index in [1.54, 1.807) is 12.1 Å². The summed E-state index contributed by atoms with van der Waals surface area (Å²) in [5, 5.41) is 9.69. The average Bonchev–Trinajstić information content (AvgIpc) is 3.00. The predicted octanol–water partition coefficient (Wildman–Crippen LogP) is 2.87. The van der Waals surface area contributed by atoms with Gasteiger partial charge in [0.05, 0.1) is 24.7 Å². The summed E-state index contributed by atoms with van der Waals surface area (Å²) in [4.78, 5) is 14.1. The summed E-state index contributed by atoms with van der Waals surface area (Å²) in [6.07, 6.45) is 4.71. The number of amides is 1. The summed E-state index contributed by atoms with van der Waals surface area (Å²) >= 11 is 6.00. The molecule has 0 saturated heterocycles. The molecule has 0 aliphatic heterocycles. The molecule has 4 nitrogen and oxygen atoms in total. The molecule has 0 aromatic heterocycles. The van der Waals surface area contributed by atoms with E-state index in [9.17, 15) is 4.79 Å². The van der Waals surface area contributed by atoms with E-state index in [1.807, 2.05) is 17.0 Å². The molecule has 5 heteroatoms. The monoisotopic (exact) mass is 311 g/mol. The topological polar surface area (TPSA) is 49.8 Å². The molecule has 1 N–H and O–H groups in total. The van der Waals surface area contributed by atoms with Gasteiger partial charge in [-0.25, -0.2) is 0 Å². The molecule has 1 aliphatic carbocycles. The molecule has 0 unspecified atom stereocenters. The summed E-state index contributed by atoms with van der Waals surface area (Å²) < 4.78 is 5.56. The van der Waals surface area contributed by atoms with Crippen molar-refractivity contribution < 1.29 is 14.6 Å². The van der Waals surface area contributed by atoms with E-state index in [1.165, 1.54) is 0 Å². The van der Waals surface area contributed by atoms with Crippen LogP contribution in [0.3, 0.4) is 0 Å². The molecule has 116 valence electrons. The number of halogens is 1. The molecule has 0 radical (unpaired) electrons.